The summed E-state index contributed by atoms with van der Waals surface area (Å²) in [5, 5.41) is 1.17. The zero-order chi connectivity index (χ0) is 12.8. The van der Waals surface area contributed by atoms with Crippen molar-refractivity contribution in [3.05, 3.63) is 33.8 Å². The van der Waals surface area contributed by atoms with E-state index in [1.807, 2.05) is 33.8 Å². The van der Waals surface area contributed by atoms with Gasteiger partial charge >= 0.3 is 0 Å². The van der Waals surface area contributed by atoms with Crippen LogP contribution in [-0.2, 0) is 4.74 Å². The lowest BCUT2D eigenvalue weighted by Gasteiger charge is -2.30. The number of nitrogens with zero attached hydrogens (tertiary/aromatic N) is 1. The molecule has 2 nitrogen and oxygen atoms in total. The lowest BCUT2D eigenvalue weighted by Crippen LogP contribution is -2.41. The molecule has 92 valence electrons. The Morgan fingerprint density at radius 1 is 1.12 bits per heavy atom. The molecule has 2 rings (SSSR count). The molecule has 1 aliphatic heterocycles. The molecule has 0 atom stereocenters. The quantitative estimate of drug-likeness (QED) is 0.745. The van der Waals surface area contributed by atoms with E-state index in [9.17, 15) is 0 Å². The second-order valence-electron chi connectivity index (χ2n) is 5.21. The van der Waals surface area contributed by atoms with Crippen LogP contribution in [0.5, 0.6) is 0 Å². The normalized spacial score (nSPS) is 20.9. The van der Waals surface area contributed by atoms with Gasteiger partial charge in [-0.05, 0) is 45.9 Å². The van der Waals surface area contributed by atoms with Gasteiger partial charge in [0.25, 0.3) is 0 Å². The molecule has 0 amide bonds. The average molecular weight is 272 g/mol. The molecular weight excluding hydrogens is 257 g/mol. The molecule has 17 heavy (non-hydrogen) atoms. The SMILES string of the molecule is CC1(C)N=C(c2ccc(Cl)cc2Cl)OC1(C)C. The highest BCUT2D eigenvalue weighted by molar-refractivity contribution is 6.36. The van der Waals surface area contributed by atoms with Crippen LogP contribution in [-0.4, -0.2) is 17.0 Å². The summed E-state index contributed by atoms with van der Waals surface area (Å²) in [4.78, 5) is 4.60. The maximum atomic E-state index is 6.15. The number of hydrogen-bond acceptors (Lipinski definition) is 2. The molecule has 1 heterocycles. The molecule has 0 N–H and O–H groups in total. The van der Waals surface area contributed by atoms with Gasteiger partial charge in [0.1, 0.15) is 5.60 Å². The Kier molecular flexibility index (Phi) is 2.91. The molecule has 4 heteroatoms. The Hall–Kier alpha value is -0.730. The summed E-state index contributed by atoms with van der Waals surface area (Å²) in [6, 6.07) is 5.32. The lowest BCUT2D eigenvalue weighted by molar-refractivity contribution is 0.0619. The van der Waals surface area contributed by atoms with Gasteiger partial charge in [0, 0.05) is 5.02 Å². The Bertz CT molecular complexity index is 492. The van der Waals surface area contributed by atoms with E-state index in [2.05, 4.69) is 4.99 Å². The van der Waals surface area contributed by atoms with Gasteiger partial charge in [0.15, 0.2) is 0 Å². The van der Waals surface area contributed by atoms with E-state index in [0.29, 0.717) is 15.9 Å². The summed E-state index contributed by atoms with van der Waals surface area (Å²) < 4.78 is 5.89. The van der Waals surface area contributed by atoms with Crippen molar-refractivity contribution in [1.82, 2.24) is 0 Å². The first-order valence-electron chi connectivity index (χ1n) is 5.47. The number of ether oxygens (including phenoxy) is 1. The van der Waals surface area contributed by atoms with Crippen LogP contribution in [0.25, 0.3) is 0 Å². The Labute approximate surface area is 112 Å². The Balaban J connectivity index is 2.44. The van der Waals surface area contributed by atoms with Gasteiger partial charge in [-0.1, -0.05) is 23.2 Å². The highest BCUT2D eigenvalue weighted by atomic mass is 35.5. The topological polar surface area (TPSA) is 21.6 Å². The van der Waals surface area contributed by atoms with Crippen molar-refractivity contribution in [2.75, 3.05) is 0 Å². The van der Waals surface area contributed by atoms with Crippen LogP contribution in [0, 0.1) is 0 Å². The van der Waals surface area contributed by atoms with Gasteiger partial charge in [0.2, 0.25) is 5.90 Å². The van der Waals surface area contributed by atoms with Gasteiger partial charge in [-0.3, -0.25) is 0 Å². The van der Waals surface area contributed by atoms with Crippen molar-refractivity contribution in [3.8, 4) is 0 Å². The third kappa shape index (κ3) is 2.16. The minimum absolute atomic E-state index is 0.273. The molecule has 0 unspecified atom stereocenters. The van der Waals surface area contributed by atoms with Crippen LogP contribution in [0.2, 0.25) is 10.0 Å². The van der Waals surface area contributed by atoms with Crippen molar-refractivity contribution in [2.45, 2.75) is 38.8 Å². The number of aliphatic imine (C=N–C) groups is 1. The fourth-order valence-corrected chi connectivity index (χ4v) is 2.05. The molecule has 1 aromatic carbocycles. The highest BCUT2D eigenvalue weighted by Crippen LogP contribution is 2.37. The number of halogens is 2. The third-order valence-electron chi connectivity index (χ3n) is 3.37. The molecule has 0 saturated heterocycles. The van der Waals surface area contributed by atoms with Gasteiger partial charge in [-0.15, -0.1) is 0 Å². The number of benzene rings is 1. The van der Waals surface area contributed by atoms with E-state index in [1.165, 1.54) is 0 Å². The summed E-state index contributed by atoms with van der Waals surface area (Å²) in [5.41, 5.74) is 0.172. The Morgan fingerprint density at radius 2 is 1.76 bits per heavy atom. The predicted octanol–water partition coefficient (Wildman–Crippen LogP) is 4.33. The van der Waals surface area contributed by atoms with Crippen LogP contribution < -0.4 is 0 Å². The van der Waals surface area contributed by atoms with Crippen LogP contribution >= 0.6 is 23.2 Å². The summed E-state index contributed by atoms with van der Waals surface area (Å²) >= 11 is 12.0. The first-order chi connectivity index (χ1) is 7.73. The van der Waals surface area contributed by atoms with Crippen molar-refractivity contribution in [1.29, 1.82) is 0 Å². The fraction of sp³-hybridized carbons (Fsp3) is 0.462. The van der Waals surface area contributed by atoms with Crippen molar-refractivity contribution in [2.24, 2.45) is 4.99 Å². The average Bonchev–Trinajstić information content (AvgIpc) is 2.35. The minimum atomic E-state index is -0.342. The van der Waals surface area contributed by atoms with E-state index in [0.717, 1.165) is 5.56 Å². The second kappa shape index (κ2) is 3.89. The van der Waals surface area contributed by atoms with E-state index in [4.69, 9.17) is 27.9 Å². The molecule has 1 aromatic rings. The predicted molar refractivity (Wildman–Crippen MR) is 72.2 cm³/mol. The standard InChI is InChI=1S/C13H15Cl2NO/c1-12(2)13(3,4)17-11(16-12)9-6-5-8(14)7-10(9)15/h5-7H,1-4H3. The summed E-state index contributed by atoms with van der Waals surface area (Å²) in [6.07, 6.45) is 0. The van der Waals surface area contributed by atoms with Crippen molar-refractivity contribution in [3.63, 3.8) is 0 Å². The van der Waals surface area contributed by atoms with Crippen molar-refractivity contribution >= 4 is 29.1 Å². The largest absolute Gasteiger partial charge is 0.469 e. The molecule has 0 aromatic heterocycles. The zero-order valence-corrected chi connectivity index (χ0v) is 11.9. The molecule has 0 saturated carbocycles. The van der Waals surface area contributed by atoms with Crippen molar-refractivity contribution < 1.29 is 4.74 Å². The lowest BCUT2D eigenvalue weighted by atomic mass is 9.87. The molecule has 0 fully saturated rings. The number of hydrogen-bond donors (Lipinski definition) is 0. The molecule has 0 bridgehead atoms. The molecule has 0 spiro atoms. The molecule has 0 radical (unpaired) electrons. The smallest absolute Gasteiger partial charge is 0.218 e. The van der Waals surface area contributed by atoms with E-state index >= 15 is 0 Å². The van der Waals surface area contributed by atoms with E-state index < -0.39 is 0 Å². The summed E-state index contributed by atoms with van der Waals surface area (Å²) in [6.45, 7) is 8.13. The molecule has 1 aliphatic rings. The highest BCUT2D eigenvalue weighted by Gasteiger charge is 2.45. The van der Waals surface area contributed by atoms with Gasteiger partial charge in [-0.25, -0.2) is 4.99 Å². The molecular formula is C13H15Cl2NO. The maximum absolute atomic E-state index is 6.15. The Morgan fingerprint density at radius 3 is 2.24 bits per heavy atom. The van der Waals surface area contributed by atoms with Crippen LogP contribution in [0.4, 0.5) is 0 Å². The van der Waals surface area contributed by atoms with E-state index in [1.54, 1.807) is 12.1 Å². The van der Waals surface area contributed by atoms with Gasteiger partial charge < -0.3 is 4.74 Å². The monoisotopic (exact) mass is 271 g/mol. The molecule has 0 aliphatic carbocycles. The minimum Gasteiger partial charge on any atom is -0.469 e. The first kappa shape index (κ1) is 12.7. The van der Waals surface area contributed by atoms with Gasteiger partial charge in [-0.2, -0.15) is 0 Å². The summed E-state index contributed by atoms with van der Waals surface area (Å²) in [7, 11) is 0. The summed E-state index contributed by atoms with van der Waals surface area (Å²) in [5.74, 6) is 0.585. The fourth-order valence-electron chi connectivity index (χ4n) is 1.56. The first-order valence-corrected chi connectivity index (χ1v) is 6.23. The van der Waals surface area contributed by atoms with Gasteiger partial charge in [0.05, 0.1) is 16.1 Å². The van der Waals surface area contributed by atoms with Crippen LogP contribution in [0.15, 0.2) is 23.2 Å². The second-order valence-corrected chi connectivity index (χ2v) is 6.06. The zero-order valence-electron chi connectivity index (χ0n) is 10.3. The number of rotatable bonds is 1. The van der Waals surface area contributed by atoms with Crippen LogP contribution in [0.3, 0.4) is 0 Å². The van der Waals surface area contributed by atoms with E-state index in [-0.39, 0.29) is 11.1 Å². The maximum Gasteiger partial charge on any atom is 0.218 e. The third-order valence-corrected chi connectivity index (χ3v) is 3.92. The van der Waals surface area contributed by atoms with Crippen LogP contribution in [0.1, 0.15) is 33.3 Å².